The molecule has 0 saturated carbocycles. The number of carbonyl (C=O) groups is 1. The Morgan fingerprint density at radius 2 is 1.96 bits per heavy atom. The third-order valence-electron chi connectivity index (χ3n) is 4.03. The average molecular weight is 491 g/mol. The predicted octanol–water partition coefficient (Wildman–Crippen LogP) is 0.0104. The number of halogens is 1. The minimum Gasteiger partial charge on any atom is -0.357 e. The second-order valence-electron chi connectivity index (χ2n) is 6.53. The normalized spacial score (nSPS) is 14.8. The van der Waals surface area contributed by atoms with Crippen LogP contribution in [0.15, 0.2) is 22.2 Å². The summed E-state index contributed by atoms with van der Waals surface area (Å²) >= 11 is 0. The van der Waals surface area contributed by atoms with Gasteiger partial charge < -0.3 is 25.0 Å². The Balaban J connectivity index is 0.00000364. The van der Waals surface area contributed by atoms with Crippen LogP contribution >= 0.6 is 24.0 Å². The van der Waals surface area contributed by atoms with Crippen molar-refractivity contribution >= 4 is 41.7 Å². The quantitative estimate of drug-likeness (QED) is 0.343. The van der Waals surface area contributed by atoms with Gasteiger partial charge in [-0.2, -0.15) is 0 Å². The molecule has 2 N–H and O–H groups in total. The van der Waals surface area contributed by atoms with Crippen molar-refractivity contribution in [3.05, 3.63) is 22.7 Å². The first-order valence-corrected chi connectivity index (χ1v) is 9.01. The maximum Gasteiger partial charge on any atom is 0.293 e. The number of nitrogens with one attached hydrogen (secondary N) is 2. The Kier molecular flexibility index (Phi) is 9.53. The number of anilines is 1. The van der Waals surface area contributed by atoms with Gasteiger partial charge in [-0.3, -0.25) is 9.59 Å². The number of carbonyl (C=O) groups excluding carboxylic acids is 1. The molecule has 1 amide bonds. The lowest BCUT2D eigenvalue weighted by Gasteiger charge is -2.36. The minimum absolute atomic E-state index is 0. The zero-order valence-corrected chi connectivity index (χ0v) is 18.8. The van der Waals surface area contributed by atoms with Crippen LogP contribution in [0, 0.1) is 0 Å². The van der Waals surface area contributed by atoms with Crippen LogP contribution in [0.3, 0.4) is 0 Å². The van der Waals surface area contributed by atoms with E-state index in [9.17, 15) is 9.59 Å². The first kappa shape index (κ1) is 23.2. The molecule has 1 aliphatic heterocycles. The van der Waals surface area contributed by atoms with Crippen LogP contribution in [-0.2, 0) is 11.8 Å². The van der Waals surface area contributed by atoms with Gasteiger partial charge in [0.05, 0.1) is 0 Å². The van der Waals surface area contributed by atoms with Gasteiger partial charge >= 0.3 is 0 Å². The molecule has 1 aliphatic rings. The molecule has 1 saturated heterocycles. The van der Waals surface area contributed by atoms with Gasteiger partial charge in [0.25, 0.3) is 5.56 Å². The van der Waals surface area contributed by atoms with E-state index in [4.69, 9.17) is 0 Å². The molecule has 152 valence electrons. The molecular formula is C17H30IN7O2. The first-order valence-electron chi connectivity index (χ1n) is 9.01. The van der Waals surface area contributed by atoms with Crippen LogP contribution < -0.4 is 21.1 Å². The van der Waals surface area contributed by atoms with E-state index in [1.54, 1.807) is 19.4 Å². The van der Waals surface area contributed by atoms with Gasteiger partial charge in [-0.15, -0.1) is 24.0 Å². The highest BCUT2D eigenvalue weighted by Gasteiger charge is 2.22. The smallest absolute Gasteiger partial charge is 0.293 e. The Bertz CT molecular complexity index is 697. The number of nitrogens with zero attached hydrogens (tertiary/aromatic N) is 5. The molecule has 0 radical (unpaired) electrons. The average Bonchev–Trinajstić information content (AvgIpc) is 2.60. The first-order chi connectivity index (χ1) is 12.4. The fraction of sp³-hybridized carbons (Fsp3) is 0.647. The fourth-order valence-corrected chi connectivity index (χ4v) is 2.77. The highest BCUT2D eigenvalue weighted by atomic mass is 127. The van der Waals surface area contributed by atoms with E-state index in [0.29, 0.717) is 32.0 Å². The number of rotatable bonds is 5. The lowest BCUT2D eigenvalue weighted by molar-refractivity contribution is -0.120. The Hall–Kier alpha value is -1.85. The number of hydrogen-bond acceptors (Lipinski definition) is 5. The van der Waals surface area contributed by atoms with Crippen LogP contribution in [0.2, 0.25) is 0 Å². The topological polar surface area (TPSA) is 94.9 Å². The van der Waals surface area contributed by atoms with Crippen molar-refractivity contribution in [2.45, 2.75) is 26.8 Å². The lowest BCUT2D eigenvalue weighted by Crippen LogP contribution is -2.54. The molecule has 2 rings (SSSR count). The predicted molar refractivity (Wildman–Crippen MR) is 118 cm³/mol. The van der Waals surface area contributed by atoms with E-state index in [1.165, 1.54) is 4.57 Å². The molecular weight excluding hydrogens is 461 g/mol. The molecule has 10 heteroatoms. The van der Waals surface area contributed by atoms with Crippen molar-refractivity contribution in [3.63, 3.8) is 0 Å². The van der Waals surface area contributed by atoms with Gasteiger partial charge in [0.1, 0.15) is 6.54 Å². The summed E-state index contributed by atoms with van der Waals surface area (Å²) in [6, 6.07) is 0.102. The number of piperazine rings is 1. The molecule has 0 spiro atoms. The monoisotopic (exact) mass is 491 g/mol. The Morgan fingerprint density at radius 1 is 1.30 bits per heavy atom. The van der Waals surface area contributed by atoms with Crippen molar-refractivity contribution < 1.29 is 4.79 Å². The maximum atomic E-state index is 12.2. The van der Waals surface area contributed by atoms with E-state index < -0.39 is 0 Å². The SMILES string of the molecule is CCNC(=NCC(=O)NC(C)C)N1CCN(c2nccn(C)c2=O)CC1.I. The van der Waals surface area contributed by atoms with Crippen molar-refractivity contribution in [2.75, 3.05) is 44.2 Å². The van der Waals surface area contributed by atoms with Crippen LogP contribution in [0.5, 0.6) is 0 Å². The molecule has 0 atom stereocenters. The zero-order chi connectivity index (χ0) is 19.1. The second kappa shape index (κ2) is 11.1. The molecule has 9 nitrogen and oxygen atoms in total. The number of aliphatic imine (C=N–C) groups is 1. The Labute approximate surface area is 177 Å². The second-order valence-corrected chi connectivity index (χ2v) is 6.53. The summed E-state index contributed by atoms with van der Waals surface area (Å²) in [5.41, 5.74) is -0.0909. The maximum absolute atomic E-state index is 12.2. The van der Waals surface area contributed by atoms with Gasteiger partial charge in [-0.25, -0.2) is 9.98 Å². The van der Waals surface area contributed by atoms with Crippen molar-refractivity contribution in [3.8, 4) is 0 Å². The van der Waals surface area contributed by atoms with Crippen LogP contribution in [-0.4, -0.2) is 71.6 Å². The number of hydrogen-bond donors (Lipinski definition) is 2. The molecule has 2 heterocycles. The van der Waals surface area contributed by atoms with Crippen molar-refractivity contribution in [1.82, 2.24) is 25.1 Å². The Morgan fingerprint density at radius 3 is 2.56 bits per heavy atom. The van der Waals surface area contributed by atoms with Crippen LogP contribution in [0.25, 0.3) is 0 Å². The van der Waals surface area contributed by atoms with Gasteiger partial charge in [0.15, 0.2) is 11.8 Å². The standard InChI is InChI=1S/C17H29N7O2.HI/c1-5-18-17(20-12-14(25)21-13(2)3)24-10-8-23(9-11-24)15-16(26)22(4)7-6-19-15;/h6-7,13H,5,8-12H2,1-4H3,(H,18,20)(H,21,25);1H. The highest BCUT2D eigenvalue weighted by molar-refractivity contribution is 14.0. The van der Waals surface area contributed by atoms with E-state index in [-0.39, 0.29) is 48.0 Å². The summed E-state index contributed by atoms with van der Waals surface area (Å²) in [5, 5.41) is 6.07. The van der Waals surface area contributed by atoms with E-state index in [2.05, 4.69) is 25.5 Å². The fourth-order valence-electron chi connectivity index (χ4n) is 2.77. The third kappa shape index (κ3) is 6.67. The van der Waals surface area contributed by atoms with Crippen LogP contribution in [0.1, 0.15) is 20.8 Å². The third-order valence-corrected chi connectivity index (χ3v) is 4.03. The van der Waals surface area contributed by atoms with Gasteiger partial charge in [-0.05, 0) is 20.8 Å². The summed E-state index contributed by atoms with van der Waals surface area (Å²) < 4.78 is 1.54. The van der Waals surface area contributed by atoms with Gasteiger partial charge in [0.2, 0.25) is 5.91 Å². The van der Waals surface area contributed by atoms with Crippen molar-refractivity contribution in [1.29, 1.82) is 0 Å². The number of aryl methyl sites for hydroxylation is 1. The molecule has 1 fully saturated rings. The molecule has 0 aromatic carbocycles. The zero-order valence-electron chi connectivity index (χ0n) is 16.4. The molecule has 0 aliphatic carbocycles. The molecule has 1 aromatic rings. The number of aromatic nitrogens is 2. The highest BCUT2D eigenvalue weighted by Crippen LogP contribution is 2.08. The molecule has 1 aromatic heterocycles. The summed E-state index contributed by atoms with van der Waals surface area (Å²) in [6.07, 6.45) is 3.29. The van der Waals surface area contributed by atoms with Crippen molar-refractivity contribution in [2.24, 2.45) is 12.0 Å². The minimum atomic E-state index is -0.0916. The van der Waals surface area contributed by atoms with Gasteiger partial charge in [0, 0.05) is 58.2 Å². The lowest BCUT2D eigenvalue weighted by atomic mass is 10.3. The summed E-state index contributed by atoms with van der Waals surface area (Å²) in [5.74, 6) is 1.11. The van der Waals surface area contributed by atoms with E-state index in [0.717, 1.165) is 12.5 Å². The van der Waals surface area contributed by atoms with E-state index >= 15 is 0 Å². The van der Waals surface area contributed by atoms with Gasteiger partial charge in [-0.1, -0.05) is 0 Å². The number of guanidine groups is 1. The summed E-state index contributed by atoms with van der Waals surface area (Å²) in [6.45, 7) is 9.44. The summed E-state index contributed by atoms with van der Waals surface area (Å²) in [7, 11) is 1.72. The summed E-state index contributed by atoms with van der Waals surface area (Å²) in [4.78, 5) is 36.8. The van der Waals surface area contributed by atoms with Crippen LogP contribution in [0.4, 0.5) is 5.82 Å². The number of amides is 1. The largest absolute Gasteiger partial charge is 0.357 e. The molecule has 27 heavy (non-hydrogen) atoms. The molecule has 0 bridgehead atoms. The molecule has 0 unspecified atom stereocenters. The van der Waals surface area contributed by atoms with E-state index in [1.807, 2.05) is 25.7 Å².